The van der Waals surface area contributed by atoms with Gasteiger partial charge in [0.15, 0.2) is 11.6 Å². The van der Waals surface area contributed by atoms with Crippen LogP contribution in [0.3, 0.4) is 0 Å². The highest BCUT2D eigenvalue weighted by atomic mass is 32.1. The molecule has 0 aliphatic carbocycles. The molecule has 0 amide bonds. The van der Waals surface area contributed by atoms with Crippen LogP contribution in [0.5, 0.6) is 0 Å². The molecular formula is C5H7N5S. The highest BCUT2D eigenvalue weighted by Crippen LogP contribution is 2.19. The highest BCUT2D eigenvalue weighted by Gasteiger charge is 2.02. The molecule has 0 aromatic carbocycles. The molecular weight excluding hydrogens is 162 g/mol. The summed E-state index contributed by atoms with van der Waals surface area (Å²) < 4.78 is 0. The summed E-state index contributed by atoms with van der Waals surface area (Å²) in [5, 5.41) is 2.66. The minimum Gasteiger partial charge on any atom is -0.382 e. The number of hydrogen-bond acceptors (Lipinski definition) is 5. The van der Waals surface area contributed by atoms with Gasteiger partial charge in [-0.1, -0.05) is 12.2 Å². The van der Waals surface area contributed by atoms with Crippen LogP contribution in [-0.2, 0) is 0 Å². The zero-order valence-corrected chi connectivity index (χ0v) is 6.43. The van der Waals surface area contributed by atoms with Gasteiger partial charge in [-0.15, -0.1) is 0 Å². The van der Waals surface area contributed by atoms with E-state index in [-0.39, 0.29) is 0 Å². The van der Waals surface area contributed by atoms with E-state index in [0.717, 1.165) is 0 Å². The Morgan fingerprint density at radius 3 is 2.36 bits per heavy atom. The average Bonchev–Trinajstić information content (AvgIpc) is 1.97. The van der Waals surface area contributed by atoms with Gasteiger partial charge in [0.1, 0.15) is 12.0 Å². The number of nitrogens with one attached hydrogen (secondary N) is 1. The van der Waals surface area contributed by atoms with Gasteiger partial charge in [0.2, 0.25) is 0 Å². The lowest BCUT2D eigenvalue weighted by Gasteiger charge is -2.04. The number of rotatable bonds is 2. The fourth-order valence-electron chi connectivity index (χ4n) is 0.620. The molecule has 0 aliphatic heterocycles. The molecule has 0 bridgehead atoms. The Kier molecular flexibility index (Phi) is 2.17. The Hall–Kier alpha value is -1.43. The normalized spacial score (nSPS) is 9.09. The molecule has 5 nitrogen and oxygen atoms in total. The van der Waals surface area contributed by atoms with E-state index in [2.05, 4.69) is 27.5 Å². The second kappa shape index (κ2) is 3.11. The summed E-state index contributed by atoms with van der Waals surface area (Å²) >= 11 is 4.55. The van der Waals surface area contributed by atoms with Gasteiger partial charge in [0, 0.05) is 0 Å². The Bertz CT molecular complexity index is 253. The molecule has 11 heavy (non-hydrogen) atoms. The third-order valence-corrected chi connectivity index (χ3v) is 1.23. The summed E-state index contributed by atoms with van der Waals surface area (Å²) in [5.41, 5.74) is 12.7. The summed E-state index contributed by atoms with van der Waals surface area (Å²) in [5.74, 6) is 0.581. The third kappa shape index (κ3) is 1.53. The molecule has 58 valence electrons. The number of hydrogen-bond donors (Lipinski definition) is 3. The van der Waals surface area contributed by atoms with E-state index < -0.39 is 0 Å². The molecule has 5 N–H and O–H groups in total. The average molecular weight is 169 g/mol. The van der Waals surface area contributed by atoms with Crippen LogP contribution in [0, 0.1) is 0 Å². The first kappa shape index (κ1) is 7.67. The van der Waals surface area contributed by atoms with Gasteiger partial charge in [0.05, 0.1) is 5.49 Å². The maximum atomic E-state index is 5.45. The van der Waals surface area contributed by atoms with Crippen LogP contribution in [0.2, 0.25) is 0 Å². The Morgan fingerprint density at radius 1 is 1.36 bits per heavy atom. The van der Waals surface area contributed by atoms with Crippen LogP contribution in [0.1, 0.15) is 0 Å². The van der Waals surface area contributed by atoms with Crippen molar-refractivity contribution >= 4 is 35.0 Å². The summed E-state index contributed by atoms with van der Waals surface area (Å²) in [4.78, 5) is 7.43. The number of nitrogens with zero attached hydrogens (tertiary/aromatic N) is 2. The first-order valence-corrected chi connectivity index (χ1v) is 3.29. The monoisotopic (exact) mass is 169 g/mol. The van der Waals surface area contributed by atoms with Crippen molar-refractivity contribution in [2.45, 2.75) is 0 Å². The van der Waals surface area contributed by atoms with Gasteiger partial charge in [0.25, 0.3) is 0 Å². The van der Waals surface area contributed by atoms with Gasteiger partial charge in [-0.2, -0.15) is 0 Å². The molecule has 0 saturated heterocycles. The van der Waals surface area contributed by atoms with Crippen molar-refractivity contribution in [2.75, 3.05) is 16.8 Å². The van der Waals surface area contributed by atoms with Crippen molar-refractivity contribution in [1.29, 1.82) is 0 Å². The van der Waals surface area contributed by atoms with E-state index in [1.54, 1.807) is 0 Å². The molecule has 0 spiro atoms. The number of anilines is 3. The van der Waals surface area contributed by atoms with E-state index in [4.69, 9.17) is 11.5 Å². The zero-order valence-electron chi connectivity index (χ0n) is 5.61. The molecule has 1 aromatic rings. The van der Waals surface area contributed by atoms with E-state index in [1.165, 1.54) is 11.8 Å². The summed E-state index contributed by atoms with van der Waals surface area (Å²) in [6.07, 6.45) is 1.29. The molecule has 0 aliphatic rings. The first-order valence-electron chi connectivity index (χ1n) is 2.82. The summed E-state index contributed by atoms with van der Waals surface area (Å²) in [6, 6.07) is 0. The molecule has 1 heterocycles. The van der Waals surface area contributed by atoms with Crippen LogP contribution >= 0.6 is 12.2 Å². The third-order valence-electron chi connectivity index (χ3n) is 1.11. The van der Waals surface area contributed by atoms with Crippen LogP contribution in [-0.4, -0.2) is 15.5 Å². The van der Waals surface area contributed by atoms with Crippen LogP contribution in [0.25, 0.3) is 0 Å². The molecule has 1 aromatic heterocycles. The predicted molar refractivity (Wildman–Crippen MR) is 48.1 cm³/mol. The van der Waals surface area contributed by atoms with Crippen LogP contribution < -0.4 is 16.8 Å². The fraction of sp³-hybridized carbons (Fsp3) is 0. The molecule has 0 fully saturated rings. The fourth-order valence-corrected chi connectivity index (χ4v) is 0.738. The van der Waals surface area contributed by atoms with Crippen molar-refractivity contribution in [3.05, 3.63) is 6.33 Å². The molecule has 1 rings (SSSR count). The van der Waals surface area contributed by atoms with Crippen molar-refractivity contribution in [2.24, 2.45) is 0 Å². The lowest BCUT2D eigenvalue weighted by molar-refractivity contribution is 1.19. The molecule has 0 unspecified atom stereocenters. The second-order valence-electron chi connectivity index (χ2n) is 1.78. The molecule has 6 heteroatoms. The Morgan fingerprint density at radius 2 is 1.91 bits per heavy atom. The number of aromatic nitrogens is 2. The van der Waals surface area contributed by atoms with Gasteiger partial charge >= 0.3 is 0 Å². The minimum atomic E-state index is 0.290. The van der Waals surface area contributed by atoms with Gasteiger partial charge in [-0.25, -0.2) is 9.97 Å². The van der Waals surface area contributed by atoms with Crippen molar-refractivity contribution in [1.82, 2.24) is 9.97 Å². The highest BCUT2D eigenvalue weighted by molar-refractivity contribution is 7.79. The lowest BCUT2D eigenvalue weighted by Crippen LogP contribution is -2.05. The molecule has 0 saturated carbocycles. The molecule has 0 radical (unpaired) electrons. The largest absolute Gasteiger partial charge is 0.382 e. The first-order chi connectivity index (χ1) is 5.25. The minimum absolute atomic E-state index is 0.290. The number of nitrogens with two attached hydrogens (primary N) is 2. The van der Waals surface area contributed by atoms with E-state index in [9.17, 15) is 0 Å². The van der Waals surface area contributed by atoms with E-state index in [0.29, 0.717) is 17.3 Å². The number of thiocarbonyl (C=S) groups is 1. The van der Waals surface area contributed by atoms with Crippen molar-refractivity contribution in [3.8, 4) is 0 Å². The lowest BCUT2D eigenvalue weighted by atomic mass is 10.4. The smallest absolute Gasteiger partial charge is 0.152 e. The number of nitrogen functional groups attached to an aromatic ring is 2. The van der Waals surface area contributed by atoms with Gasteiger partial charge < -0.3 is 16.8 Å². The maximum absolute atomic E-state index is 5.45. The summed E-state index contributed by atoms with van der Waals surface area (Å²) in [7, 11) is 0. The topological polar surface area (TPSA) is 89.8 Å². The van der Waals surface area contributed by atoms with Crippen LogP contribution in [0.15, 0.2) is 6.33 Å². The van der Waals surface area contributed by atoms with Crippen LogP contribution in [0.4, 0.5) is 17.3 Å². The van der Waals surface area contributed by atoms with E-state index >= 15 is 0 Å². The zero-order chi connectivity index (χ0) is 8.27. The van der Waals surface area contributed by atoms with Gasteiger partial charge in [-0.3, -0.25) is 0 Å². The summed E-state index contributed by atoms with van der Waals surface area (Å²) in [6.45, 7) is 0. The predicted octanol–water partition coefficient (Wildman–Crippen LogP) is 0.0101. The SMILES string of the molecule is Nc1ncnc(N)c1NC=S. The van der Waals surface area contributed by atoms with Crippen molar-refractivity contribution in [3.63, 3.8) is 0 Å². The molecule has 0 atom stereocenters. The quantitative estimate of drug-likeness (QED) is 0.540. The Balaban J connectivity index is 3.09. The van der Waals surface area contributed by atoms with E-state index in [1.807, 2.05) is 0 Å². The standard InChI is InChI=1S/C5H7N5S/c6-4-3(10-2-11)5(7)9-1-8-4/h1-2H,(H,10,11)(H4,6,7,8,9). The maximum Gasteiger partial charge on any atom is 0.152 e. The van der Waals surface area contributed by atoms with Crippen molar-refractivity contribution < 1.29 is 0 Å². The Labute approximate surface area is 68.8 Å². The van der Waals surface area contributed by atoms with Gasteiger partial charge in [-0.05, 0) is 0 Å². The second-order valence-corrected chi connectivity index (χ2v) is 2.02.